The molecule has 1 saturated heterocycles. The molecule has 0 atom stereocenters. The third-order valence-electron chi connectivity index (χ3n) is 2.84. The fourth-order valence-electron chi connectivity index (χ4n) is 2.01. The minimum atomic E-state index is 0.750. The standard InChI is InChI=1S/C11H14N4O/c12-9-1-2-11-10(7-9)13-8-15(11)14-3-5-16-6-4-14/h1-2,7-8H,3-6,12H2. The van der Waals surface area contributed by atoms with Crippen LogP contribution in [0.3, 0.4) is 0 Å². The Labute approximate surface area is 93.4 Å². The number of hydrogen-bond donors (Lipinski definition) is 1. The number of fused-ring (bicyclic) bond motifs is 1. The molecule has 1 aliphatic heterocycles. The summed E-state index contributed by atoms with van der Waals surface area (Å²) in [5.41, 5.74) is 8.51. The molecule has 0 spiro atoms. The van der Waals surface area contributed by atoms with Crippen LogP contribution in [0.25, 0.3) is 11.0 Å². The van der Waals surface area contributed by atoms with Crippen LogP contribution < -0.4 is 10.7 Å². The van der Waals surface area contributed by atoms with Crippen molar-refractivity contribution >= 4 is 16.7 Å². The van der Waals surface area contributed by atoms with E-state index in [0.717, 1.165) is 43.0 Å². The fourth-order valence-corrected chi connectivity index (χ4v) is 2.01. The normalized spacial score (nSPS) is 16.9. The number of anilines is 1. The third-order valence-corrected chi connectivity index (χ3v) is 2.84. The van der Waals surface area contributed by atoms with Crippen molar-refractivity contribution in [2.75, 3.05) is 37.0 Å². The summed E-state index contributed by atoms with van der Waals surface area (Å²) in [4.78, 5) is 4.36. The van der Waals surface area contributed by atoms with Crippen molar-refractivity contribution in [1.82, 2.24) is 9.66 Å². The summed E-state index contributed by atoms with van der Waals surface area (Å²) in [6.07, 6.45) is 1.84. The lowest BCUT2D eigenvalue weighted by atomic mass is 10.3. The average molecular weight is 218 g/mol. The van der Waals surface area contributed by atoms with Crippen molar-refractivity contribution in [1.29, 1.82) is 0 Å². The third kappa shape index (κ3) is 1.49. The topological polar surface area (TPSA) is 56.3 Å². The van der Waals surface area contributed by atoms with Gasteiger partial charge in [-0.15, -0.1) is 0 Å². The highest BCUT2D eigenvalue weighted by atomic mass is 16.5. The van der Waals surface area contributed by atoms with Gasteiger partial charge in [0.25, 0.3) is 0 Å². The number of imidazole rings is 1. The van der Waals surface area contributed by atoms with E-state index in [1.807, 2.05) is 24.5 Å². The Morgan fingerprint density at radius 2 is 2.06 bits per heavy atom. The largest absolute Gasteiger partial charge is 0.399 e. The summed E-state index contributed by atoms with van der Waals surface area (Å²) < 4.78 is 7.41. The lowest BCUT2D eigenvalue weighted by Gasteiger charge is -2.29. The van der Waals surface area contributed by atoms with Crippen molar-refractivity contribution < 1.29 is 4.74 Å². The molecule has 0 aliphatic carbocycles. The van der Waals surface area contributed by atoms with E-state index in [1.165, 1.54) is 0 Å². The van der Waals surface area contributed by atoms with Crippen LogP contribution in [0.2, 0.25) is 0 Å². The van der Waals surface area contributed by atoms with Crippen LogP contribution in [0.15, 0.2) is 24.5 Å². The zero-order chi connectivity index (χ0) is 11.0. The molecule has 0 bridgehead atoms. The number of nitrogens with zero attached hydrogens (tertiary/aromatic N) is 3. The van der Waals surface area contributed by atoms with Gasteiger partial charge in [0.15, 0.2) is 0 Å². The quantitative estimate of drug-likeness (QED) is 0.712. The molecular weight excluding hydrogens is 204 g/mol. The Morgan fingerprint density at radius 1 is 1.25 bits per heavy atom. The van der Waals surface area contributed by atoms with Gasteiger partial charge < -0.3 is 15.5 Å². The molecule has 84 valence electrons. The van der Waals surface area contributed by atoms with Gasteiger partial charge in [-0.05, 0) is 18.2 Å². The summed E-state index contributed by atoms with van der Waals surface area (Å²) in [7, 11) is 0. The number of ether oxygens (including phenoxy) is 1. The Hall–Kier alpha value is -1.75. The average Bonchev–Trinajstić information content (AvgIpc) is 2.73. The van der Waals surface area contributed by atoms with E-state index in [2.05, 4.69) is 14.7 Å². The maximum atomic E-state index is 5.73. The molecule has 0 amide bonds. The highest BCUT2D eigenvalue weighted by molar-refractivity contribution is 5.79. The van der Waals surface area contributed by atoms with E-state index in [4.69, 9.17) is 10.5 Å². The highest BCUT2D eigenvalue weighted by Crippen LogP contribution is 2.16. The van der Waals surface area contributed by atoms with E-state index in [-0.39, 0.29) is 0 Å². The van der Waals surface area contributed by atoms with Gasteiger partial charge in [-0.1, -0.05) is 0 Å². The monoisotopic (exact) mass is 218 g/mol. The molecule has 5 nitrogen and oxygen atoms in total. The highest BCUT2D eigenvalue weighted by Gasteiger charge is 2.13. The first-order valence-corrected chi connectivity index (χ1v) is 5.40. The van der Waals surface area contributed by atoms with E-state index in [9.17, 15) is 0 Å². The fraction of sp³-hybridized carbons (Fsp3) is 0.364. The molecule has 1 fully saturated rings. The molecule has 2 N–H and O–H groups in total. The lowest BCUT2D eigenvalue weighted by Crippen LogP contribution is -2.43. The first kappa shape index (κ1) is 9.47. The van der Waals surface area contributed by atoms with Gasteiger partial charge in [-0.3, -0.25) is 0 Å². The summed E-state index contributed by atoms with van der Waals surface area (Å²) in [6, 6.07) is 5.81. The van der Waals surface area contributed by atoms with E-state index in [1.54, 1.807) is 0 Å². The molecule has 2 aromatic rings. The van der Waals surface area contributed by atoms with Gasteiger partial charge in [-0.2, -0.15) is 0 Å². The van der Waals surface area contributed by atoms with Crippen LogP contribution in [-0.4, -0.2) is 36.0 Å². The first-order valence-electron chi connectivity index (χ1n) is 5.40. The van der Waals surface area contributed by atoms with Gasteiger partial charge in [0.2, 0.25) is 0 Å². The van der Waals surface area contributed by atoms with Crippen molar-refractivity contribution in [2.45, 2.75) is 0 Å². The van der Waals surface area contributed by atoms with E-state index >= 15 is 0 Å². The molecule has 3 rings (SSSR count). The SMILES string of the molecule is Nc1ccc2c(c1)ncn2N1CCOCC1. The zero-order valence-electron chi connectivity index (χ0n) is 8.97. The van der Waals surface area contributed by atoms with Crippen molar-refractivity contribution in [2.24, 2.45) is 0 Å². The van der Waals surface area contributed by atoms with Crippen LogP contribution in [0.5, 0.6) is 0 Å². The predicted octanol–water partition coefficient (Wildman–Crippen LogP) is 0.587. The molecule has 5 heteroatoms. The number of hydrogen-bond acceptors (Lipinski definition) is 4. The van der Waals surface area contributed by atoms with Crippen molar-refractivity contribution in [3.8, 4) is 0 Å². The Kier molecular flexibility index (Phi) is 2.18. The second-order valence-corrected chi connectivity index (χ2v) is 3.90. The molecule has 1 aromatic carbocycles. The van der Waals surface area contributed by atoms with Crippen molar-refractivity contribution in [3.63, 3.8) is 0 Å². The number of aromatic nitrogens is 2. The van der Waals surface area contributed by atoms with Gasteiger partial charge in [-0.25, -0.2) is 9.66 Å². The first-order chi connectivity index (χ1) is 7.84. The number of nitrogens with two attached hydrogens (primary N) is 1. The van der Waals surface area contributed by atoms with Gasteiger partial charge in [0.1, 0.15) is 6.33 Å². The molecular formula is C11H14N4O. The minimum absolute atomic E-state index is 0.750. The summed E-state index contributed by atoms with van der Waals surface area (Å²) in [5, 5.41) is 2.23. The van der Waals surface area contributed by atoms with Gasteiger partial charge >= 0.3 is 0 Å². The smallest absolute Gasteiger partial charge is 0.116 e. The summed E-state index contributed by atoms with van der Waals surface area (Å²) in [6.45, 7) is 3.34. The molecule has 0 unspecified atom stereocenters. The van der Waals surface area contributed by atoms with E-state index < -0.39 is 0 Å². The molecule has 2 heterocycles. The number of nitrogen functional groups attached to an aromatic ring is 1. The number of rotatable bonds is 1. The maximum absolute atomic E-state index is 5.73. The second-order valence-electron chi connectivity index (χ2n) is 3.90. The van der Waals surface area contributed by atoms with Crippen LogP contribution in [0.1, 0.15) is 0 Å². The van der Waals surface area contributed by atoms with Crippen LogP contribution in [0, 0.1) is 0 Å². The Balaban J connectivity index is 2.03. The number of morpholine rings is 1. The Morgan fingerprint density at radius 3 is 2.88 bits per heavy atom. The van der Waals surface area contributed by atoms with Crippen LogP contribution in [0.4, 0.5) is 5.69 Å². The van der Waals surface area contributed by atoms with Crippen LogP contribution in [-0.2, 0) is 4.74 Å². The minimum Gasteiger partial charge on any atom is -0.399 e. The van der Waals surface area contributed by atoms with Gasteiger partial charge in [0.05, 0.1) is 37.3 Å². The molecule has 16 heavy (non-hydrogen) atoms. The van der Waals surface area contributed by atoms with Crippen LogP contribution >= 0.6 is 0 Å². The maximum Gasteiger partial charge on any atom is 0.116 e. The Bertz CT molecular complexity index is 502. The predicted molar refractivity (Wildman–Crippen MR) is 62.9 cm³/mol. The lowest BCUT2D eigenvalue weighted by molar-refractivity contribution is 0.112. The molecule has 0 radical (unpaired) electrons. The molecule has 1 aromatic heterocycles. The van der Waals surface area contributed by atoms with E-state index in [0.29, 0.717) is 0 Å². The summed E-state index contributed by atoms with van der Waals surface area (Å²) in [5.74, 6) is 0. The molecule has 0 saturated carbocycles. The second kappa shape index (κ2) is 3.68. The molecule has 1 aliphatic rings. The van der Waals surface area contributed by atoms with Gasteiger partial charge in [0, 0.05) is 5.69 Å². The number of benzene rings is 1. The zero-order valence-corrected chi connectivity index (χ0v) is 8.97. The summed E-state index contributed by atoms with van der Waals surface area (Å²) >= 11 is 0. The van der Waals surface area contributed by atoms with Crippen molar-refractivity contribution in [3.05, 3.63) is 24.5 Å².